The number of rotatable bonds is 1. The Morgan fingerprint density at radius 3 is 2.24 bits per heavy atom. The molecular formula is C15H9N3O3. The van der Waals surface area contributed by atoms with Crippen LogP contribution in [0.1, 0.15) is 10.4 Å². The van der Waals surface area contributed by atoms with Crippen LogP contribution in [0.5, 0.6) is 11.8 Å². The molecule has 0 spiro atoms. The summed E-state index contributed by atoms with van der Waals surface area (Å²) in [5, 5.41) is 29.0. The SMILES string of the molecule is O=C1N=Nc2cc(-n3c(O)c4ccccc4c3O)ccc21. The van der Waals surface area contributed by atoms with Crippen LogP contribution < -0.4 is 0 Å². The van der Waals surface area contributed by atoms with Crippen molar-refractivity contribution in [1.82, 2.24) is 4.57 Å². The van der Waals surface area contributed by atoms with Crippen LogP contribution in [0.3, 0.4) is 0 Å². The van der Waals surface area contributed by atoms with Gasteiger partial charge in [-0.3, -0.25) is 9.36 Å². The van der Waals surface area contributed by atoms with Crippen molar-refractivity contribution in [2.75, 3.05) is 0 Å². The normalized spacial score (nSPS) is 13.0. The molecule has 1 aliphatic rings. The quantitative estimate of drug-likeness (QED) is 0.716. The molecule has 2 aromatic carbocycles. The molecule has 2 heterocycles. The van der Waals surface area contributed by atoms with Gasteiger partial charge < -0.3 is 10.2 Å². The molecule has 0 unspecified atom stereocenters. The number of aromatic nitrogens is 1. The number of aromatic hydroxyl groups is 2. The van der Waals surface area contributed by atoms with Crippen molar-refractivity contribution >= 4 is 22.4 Å². The molecule has 102 valence electrons. The third kappa shape index (κ3) is 1.50. The molecular weight excluding hydrogens is 270 g/mol. The maximum absolute atomic E-state index is 11.4. The summed E-state index contributed by atoms with van der Waals surface area (Å²) in [4.78, 5) is 11.4. The van der Waals surface area contributed by atoms with Gasteiger partial charge >= 0.3 is 0 Å². The number of carbonyl (C=O) groups is 1. The number of fused-ring (bicyclic) bond motifs is 2. The van der Waals surface area contributed by atoms with E-state index >= 15 is 0 Å². The second kappa shape index (κ2) is 3.92. The molecule has 0 radical (unpaired) electrons. The summed E-state index contributed by atoms with van der Waals surface area (Å²) in [5.74, 6) is -0.517. The molecule has 0 saturated carbocycles. The Morgan fingerprint density at radius 1 is 0.905 bits per heavy atom. The minimum absolute atomic E-state index is 0.0655. The number of benzene rings is 2. The second-order valence-corrected chi connectivity index (χ2v) is 4.73. The molecule has 0 saturated heterocycles. The fourth-order valence-corrected chi connectivity index (χ4v) is 2.53. The van der Waals surface area contributed by atoms with Gasteiger partial charge in [-0.25, -0.2) is 0 Å². The maximum atomic E-state index is 11.4. The molecule has 1 aliphatic heterocycles. The zero-order chi connectivity index (χ0) is 14.6. The van der Waals surface area contributed by atoms with E-state index in [1.807, 2.05) is 0 Å². The van der Waals surface area contributed by atoms with Gasteiger partial charge in [-0.2, -0.15) is 0 Å². The molecule has 0 bridgehead atoms. The summed E-state index contributed by atoms with van der Waals surface area (Å²) in [7, 11) is 0. The number of hydrogen-bond donors (Lipinski definition) is 2. The van der Waals surface area contributed by atoms with Crippen molar-refractivity contribution in [3.8, 4) is 17.4 Å². The fourth-order valence-electron chi connectivity index (χ4n) is 2.53. The fraction of sp³-hybridized carbons (Fsp3) is 0. The second-order valence-electron chi connectivity index (χ2n) is 4.73. The van der Waals surface area contributed by atoms with E-state index in [9.17, 15) is 15.0 Å². The number of azo groups is 1. The van der Waals surface area contributed by atoms with Crippen LogP contribution in [0.4, 0.5) is 5.69 Å². The van der Waals surface area contributed by atoms with E-state index in [0.717, 1.165) is 0 Å². The van der Waals surface area contributed by atoms with E-state index in [1.165, 1.54) is 4.57 Å². The minimum Gasteiger partial charge on any atom is -0.494 e. The first-order chi connectivity index (χ1) is 10.2. The molecule has 0 fully saturated rings. The molecule has 4 rings (SSSR count). The summed E-state index contributed by atoms with van der Waals surface area (Å²) < 4.78 is 1.31. The predicted molar refractivity (Wildman–Crippen MR) is 75.5 cm³/mol. The van der Waals surface area contributed by atoms with Crippen LogP contribution in [-0.4, -0.2) is 20.7 Å². The van der Waals surface area contributed by atoms with E-state index in [-0.39, 0.29) is 17.7 Å². The molecule has 1 aromatic heterocycles. The summed E-state index contributed by atoms with van der Waals surface area (Å²) in [6, 6.07) is 11.8. The van der Waals surface area contributed by atoms with Gasteiger partial charge in [0.25, 0.3) is 5.91 Å². The number of amides is 1. The van der Waals surface area contributed by atoms with E-state index in [4.69, 9.17) is 0 Å². The highest BCUT2D eigenvalue weighted by Gasteiger charge is 2.21. The van der Waals surface area contributed by atoms with Crippen LogP contribution >= 0.6 is 0 Å². The molecule has 2 N–H and O–H groups in total. The molecule has 6 heteroatoms. The van der Waals surface area contributed by atoms with Crippen LogP contribution in [-0.2, 0) is 0 Å². The lowest BCUT2D eigenvalue weighted by molar-refractivity contribution is 0.100. The Bertz CT molecular complexity index is 902. The Balaban J connectivity index is 1.99. The molecule has 0 atom stereocenters. The monoisotopic (exact) mass is 279 g/mol. The topological polar surface area (TPSA) is 87.2 Å². The zero-order valence-corrected chi connectivity index (χ0v) is 10.7. The summed E-state index contributed by atoms with van der Waals surface area (Å²) in [5.41, 5.74) is 1.34. The standard InChI is InChI=1S/C15H9N3O3/c19-13-11-6-5-8(7-12(11)16-17-13)18-14(20)9-3-1-2-4-10(9)15(18)21/h1-7,20-21H. The van der Waals surface area contributed by atoms with Crippen molar-refractivity contribution in [3.05, 3.63) is 48.0 Å². The third-order valence-electron chi connectivity index (χ3n) is 3.55. The lowest BCUT2D eigenvalue weighted by Gasteiger charge is -2.07. The highest BCUT2D eigenvalue weighted by atomic mass is 16.3. The van der Waals surface area contributed by atoms with E-state index < -0.39 is 0 Å². The highest BCUT2D eigenvalue weighted by Crippen LogP contribution is 2.40. The van der Waals surface area contributed by atoms with Gasteiger partial charge in [0.05, 0.1) is 11.3 Å². The molecule has 3 aromatic rings. The minimum atomic E-state index is -0.386. The van der Waals surface area contributed by atoms with Crippen LogP contribution in [0.25, 0.3) is 16.5 Å². The average Bonchev–Trinajstić information content (AvgIpc) is 2.99. The van der Waals surface area contributed by atoms with Crippen LogP contribution in [0, 0.1) is 0 Å². The van der Waals surface area contributed by atoms with Gasteiger partial charge in [-0.1, -0.05) is 12.1 Å². The maximum Gasteiger partial charge on any atom is 0.297 e. The van der Waals surface area contributed by atoms with Gasteiger partial charge in [0.15, 0.2) is 0 Å². The highest BCUT2D eigenvalue weighted by molar-refractivity contribution is 6.02. The van der Waals surface area contributed by atoms with Gasteiger partial charge in [0.1, 0.15) is 5.69 Å². The van der Waals surface area contributed by atoms with Crippen LogP contribution in [0.2, 0.25) is 0 Å². The Hall–Kier alpha value is -3.15. The largest absolute Gasteiger partial charge is 0.494 e. The van der Waals surface area contributed by atoms with Crippen molar-refractivity contribution in [1.29, 1.82) is 0 Å². The van der Waals surface area contributed by atoms with Crippen molar-refractivity contribution in [2.24, 2.45) is 10.2 Å². The molecule has 1 amide bonds. The van der Waals surface area contributed by atoms with Crippen LogP contribution in [0.15, 0.2) is 52.7 Å². The number of nitrogens with zero attached hydrogens (tertiary/aromatic N) is 3. The number of hydrogen-bond acceptors (Lipinski definition) is 4. The first-order valence-corrected chi connectivity index (χ1v) is 6.28. The molecule has 21 heavy (non-hydrogen) atoms. The molecule has 0 aliphatic carbocycles. The van der Waals surface area contributed by atoms with Gasteiger partial charge in [0, 0.05) is 10.8 Å². The first kappa shape index (κ1) is 11.7. The van der Waals surface area contributed by atoms with E-state index in [0.29, 0.717) is 27.7 Å². The van der Waals surface area contributed by atoms with Gasteiger partial charge in [0.2, 0.25) is 11.8 Å². The number of carbonyl (C=O) groups excluding carboxylic acids is 1. The van der Waals surface area contributed by atoms with Gasteiger partial charge in [-0.05, 0) is 30.3 Å². The molecule has 6 nitrogen and oxygen atoms in total. The summed E-state index contributed by atoms with van der Waals surface area (Å²) >= 11 is 0. The lowest BCUT2D eigenvalue weighted by Crippen LogP contribution is -1.94. The Labute approximate surface area is 118 Å². The van der Waals surface area contributed by atoms with Crippen molar-refractivity contribution < 1.29 is 15.0 Å². The lowest BCUT2D eigenvalue weighted by atomic mass is 10.1. The average molecular weight is 279 g/mol. The van der Waals surface area contributed by atoms with Crippen molar-refractivity contribution in [3.63, 3.8) is 0 Å². The summed E-state index contributed by atoms with van der Waals surface area (Å²) in [6.07, 6.45) is 0. The Morgan fingerprint density at radius 2 is 1.57 bits per heavy atom. The van der Waals surface area contributed by atoms with E-state index in [2.05, 4.69) is 10.2 Å². The Kier molecular flexibility index (Phi) is 2.18. The summed E-state index contributed by atoms with van der Waals surface area (Å²) in [6.45, 7) is 0. The van der Waals surface area contributed by atoms with Crippen molar-refractivity contribution in [2.45, 2.75) is 0 Å². The van der Waals surface area contributed by atoms with Gasteiger partial charge in [-0.15, -0.1) is 10.2 Å². The smallest absolute Gasteiger partial charge is 0.297 e. The van der Waals surface area contributed by atoms with E-state index in [1.54, 1.807) is 42.5 Å². The zero-order valence-electron chi connectivity index (χ0n) is 10.7. The third-order valence-corrected chi connectivity index (χ3v) is 3.55. The first-order valence-electron chi connectivity index (χ1n) is 6.28. The predicted octanol–water partition coefficient (Wildman–Crippen LogP) is 3.28.